The number of carbonyl (C=O) groups excluding carboxylic acids is 1. The van der Waals surface area contributed by atoms with Crippen molar-refractivity contribution in [3.05, 3.63) is 53.7 Å². The van der Waals surface area contributed by atoms with E-state index in [2.05, 4.69) is 35.2 Å². The Balaban J connectivity index is 1.47. The van der Waals surface area contributed by atoms with Crippen molar-refractivity contribution in [2.24, 2.45) is 0 Å². The molecule has 0 spiro atoms. The van der Waals surface area contributed by atoms with Crippen molar-refractivity contribution >= 4 is 16.9 Å². The van der Waals surface area contributed by atoms with Crippen LogP contribution in [0.2, 0.25) is 0 Å². The minimum atomic E-state index is -0.485. The minimum absolute atomic E-state index is 0.229. The zero-order valence-corrected chi connectivity index (χ0v) is 21.5. The van der Waals surface area contributed by atoms with E-state index < -0.39 is 5.60 Å². The van der Waals surface area contributed by atoms with Gasteiger partial charge >= 0.3 is 5.97 Å². The van der Waals surface area contributed by atoms with Crippen molar-refractivity contribution in [3.63, 3.8) is 0 Å². The van der Waals surface area contributed by atoms with Crippen LogP contribution in [0, 0.1) is 6.92 Å². The molecule has 2 aromatic carbocycles. The number of carbonyl (C=O) groups is 1. The average Bonchev–Trinajstić information content (AvgIpc) is 3.39. The zero-order valence-electron chi connectivity index (χ0n) is 21.5. The molecule has 0 aliphatic rings. The lowest BCUT2D eigenvalue weighted by Crippen LogP contribution is -2.32. The maximum atomic E-state index is 12.1. The third-order valence-corrected chi connectivity index (χ3v) is 5.56. The first kappa shape index (κ1) is 24.6. The smallest absolute Gasteiger partial charge is 0.320 e. The Labute approximate surface area is 205 Å². The van der Waals surface area contributed by atoms with Crippen LogP contribution >= 0.6 is 0 Å². The predicted molar refractivity (Wildman–Crippen MR) is 136 cm³/mol. The van der Waals surface area contributed by atoms with Crippen LogP contribution in [0.4, 0.5) is 0 Å². The lowest BCUT2D eigenvalue weighted by molar-refractivity contribution is -0.155. The molecule has 0 aliphatic carbocycles. The molecule has 0 saturated carbocycles. The summed E-state index contributed by atoms with van der Waals surface area (Å²) in [7, 11) is 1.90. The van der Waals surface area contributed by atoms with Crippen LogP contribution in [0.25, 0.3) is 33.7 Å². The van der Waals surface area contributed by atoms with Gasteiger partial charge in [-0.2, -0.15) is 10.1 Å². The van der Waals surface area contributed by atoms with Gasteiger partial charge in [0, 0.05) is 29.1 Å². The second-order valence-corrected chi connectivity index (χ2v) is 10.3. The number of esters is 1. The molecule has 0 amide bonds. The molecule has 184 valence electrons. The van der Waals surface area contributed by atoms with E-state index in [1.54, 1.807) is 0 Å². The number of rotatable bonds is 7. The van der Waals surface area contributed by atoms with Crippen molar-refractivity contribution in [1.82, 2.24) is 24.8 Å². The van der Waals surface area contributed by atoms with E-state index in [1.807, 2.05) is 80.9 Å². The summed E-state index contributed by atoms with van der Waals surface area (Å²) in [6, 6.07) is 12.4. The summed E-state index contributed by atoms with van der Waals surface area (Å²) in [6.45, 7) is 12.7. The maximum Gasteiger partial charge on any atom is 0.320 e. The highest BCUT2D eigenvalue weighted by atomic mass is 16.6. The molecular formula is C27H33N5O3. The fourth-order valence-corrected chi connectivity index (χ4v) is 4.08. The van der Waals surface area contributed by atoms with E-state index >= 15 is 0 Å². The van der Waals surface area contributed by atoms with Crippen LogP contribution in [0.3, 0.4) is 0 Å². The summed E-state index contributed by atoms with van der Waals surface area (Å²) < 4.78 is 13.0. The molecule has 0 atom stereocenters. The van der Waals surface area contributed by atoms with Crippen LogP contribution < -0.4 is 0 Å². The number of hydrogen-bond acceptors (Lipinski definition) is 7. The van der Waals surface area contributed by atoms with Gasteiger partial charge in [-0.1, -0.05) is 23.4 Å². The van der Waals surface area contributed by atoms with Crippen molar-refractivity contribution in [3.8, 4) is 22.8 Å². The lowest BCUT2D eigenvalue weighted by atomic mass is 10.0. The van der Waals surface area contributed by atoms with Crippen molar-refractivity contribution in [1.29, 1.82) is 0 Å². The van der Waals surface area contributed by atoms with Gasteiger partial charge in [0.25, 0.3) is 5.89 Å². The Bertz CT molecular complexity index is 1350. The largest absolute Gasteiger partial charge is 0.459 e. The first-order valence-corrected chi connectivity index (χ1v) is 11.8. The van der Waals surface area contributed by atoms with E-state index in [-0.39, 0.29) is 18.6 Å². The highest BCUT2D eigenvalue weighted by Crippen LogP contribution is 2.28. The number of nitrogens with zero attached hydrogens (tertiary/aromatic N) is 5. The first-order valence-electron chi connectivity index (χ1n) is 11.8. The highest BCUT2D eigenvalue weighted by Gasteiger charge is 2.18. The number of ether oxygens (including phenoxy) is 1. The molecule has 0 bridgehead atoms. The molecule has 0 fully saturated rings. The fourth-order valence-electron chi connectivity index (χ4n) is 4.08. The van der Waals surface area contributed by atoms with E-state index in [0.717, 1.165) is 33.2 Å². The van der Waals surface area contributed by atoms with Crippen LogP contribution in [0.5, 0.6) is 0 Å². The summed E-state index contributed by atoms with van der Waals surface area (Å²) in [5.74, 6) is 0.784. The summed E-state index contributed by atoms with van der Waals surface area (Å²) in [5.41, 5.74) is 4.49. The van der Waals surface area contributed by atoms with Crippen LogP contribution in [-0.2, 0) is 16.1 Å². The Morgan fingerprint density at radius 2 is 1.94 bits per heavy atom. The average molecular weight is 476 g/mol. The molecule has 0 radical (unpaired) electrons. The van der Waals surface area contributed by atoms with Crippen LogP contribution in [0.1, 0.15) is 51.8 Å². The topological polar surface area (TPSA) is 86.3 Å². The molecule has 8 heteroatoms. The van der Waals surface area contributed by atoms with E-state index in [9.17, 15) is 4.79 Å². The first-order chi connectivity index (χ1) is 16.5. The second-order valence-electron chi connectivity index (χ2n) is 10.3. The van der Waals surface area contributed by atoms with E-state index in [1.165, 1.54) is 0 Å². The van der Waals surface area contributed by atoms with Gasteiger partial charge in [-0.15, -0.1) is 0 Å². The van der Waals surface area contributed by atoms with Gasteiger partial charge in [0.15, 0.2) is 0 Å². The predicted octanol–water partition coefficient (Wildman–Crippen LogP) is 5.42. The number of hydrogen-bond donors (Lipinski definition) is 0. The number of benzene rings is 2. The normalized spacial score (nSPS) is 12.1. The Kier molecular flexibility index (Phi) is 6.76. The van der Waals surface area contributed by atoms with Gasteiger partial charge in [0.1, 0.15) is 5.60 Å². The Hall–Kier alpha value is -3.52. The summed E-state index contributed by atoms with van der Waals surface area (Å²) in [6.07, 6.45) is 1.86. The van der Waals surface area contributed by atoms with Crippen molar-refractivity contribution < 1.29 is 14.1 Å². The lowest BCUT2D eigenvalue weighted by Gasteiger charge is -2.22. The molecule has 4 rings (SSSR count). The van der Waals surface area contributed by atoms with E-state index in [0.29, 0.717) is 18.3 Å². The van der Waals surface area contributed by atoms with Gasteiger partial charge in [-0.3, -0.25) is 14.4 Å². The third-order valence-electron chi connectivity index (χ3n) is 5.56. The SMILES string of the molecule is Cc1cc(CN(C)CC(=O)OC(C)(C)C)ccc1-c1noc(-c2ccc3c(cnn3C(C)C)c2)n1. The van der Waals surface area contributed by atoms with Crippen LogP contribution in [-0.4, -0.2) is 50.0 Å². The van der Waals surface area contributed by atoms with Crippen LogP contribution in [0.15, 0.2) is 47.1 Å². The molecule has 4 aromatic rings. The second kappa shape index (κ2) is 9.62. The molecule has 0 aliphatic heterocycles. The highest BCUT2D eigenvalue weighted by molar-refractivity contribution is 5.83. The Morgan fingerprint density at radius 3 is 2.63 bits per heavy atom. The third kappa shape index (κ3) is 5.77. The zero-order chi connectivity index (χ0) is 25.3. The molecule has 0 N–H and O–H groups in total. The molecule has 0 saturated heterocycles. The molecule has 8 nitrogen and oxygen atoms in total. The van der Waals surface area contributed by atoms with Crippen molar-refractivity contribution in [2.45, 2.75) is 59.7 Å². The number of likely N-dealkylation sites (N-methyl/N-ethyl adjacent to an activating group) is 1. The summed E-state index contributed by atoms with van der Waals surface area (Å²) >= 11 is 0. The van der Waals surface area contributed by atoms with E-state index in [4.69, 9.17) is 9.26 Å². The quantitative estimate of drug-likeness (QED) is 0.330. The molecule has 2 heterocycles. The molecule has 35 heavy (non-hydrogen) atoms. The standard InChI is InChI=1S/C27H33N5O3/c1-17(2)32-23-11-9-20(13-21(23)14-28-32)26-29-25(30-35-26)22-10-8-19(12-18(22)3)15-31(7)16-24(33)34-27(4,5)6/h8-14,17H,15-16H2,1-7H3. The van der Waals surface area contributed by atoms with Crippen molar-refractivity contribution in [2.75, 3.05) is 13.6 Å². The van der Waals surface area contributed by atoms with Gasteiger partial charge in [0.2, 0.25) is 5.82 Å². The van der Waals surface area contributed by atoms with Gasteiger partial charge < -0.3 is 9.26 Å². The molecule has 0 unspecified atom stereocenters. The number of aryl methyl sites for hydroxylation is 1. The van der Waals surface area contributed by atoms with Gasteiger partial charge in [-0.05, 0) is 77.9 Å². The maximum absolute atomic E-state index is 12.1. The number of aromatic nitrogens is 4. The summed E-state index contributed by atoms with van der Waals surface area (Å²) in [5, 5.41) is 9.73. The molecular weight excluding hydrogens is 442 g/mol. The Morgan fingerprint density at radius 1 is 1.17 bits per heavy atom. The molecule has 2 aromatic heterocycles. The number of fused-ring (bicyclic) bond motifs is 1. The minimum Gasteiger partial charge on any atom is -0.459 e. The van der Waals surface area contributed by atoms with Gasteiger partial charge in [0.05, 0.1) is 18.3 Å². The summed E-state index contributed by atoms with van der Waals surface area (Å²) in [4.78, 5) is 18.7. The van der Waals surface area contributed by atoms with Gasteiger partial charge in [-0.25, -0.2) is 0 Å². The fraction of sp³-hybridized carbons (Fsp3) is 0.407. The monoisotopic (exact) mass is 475 g/mol.